The summed E-state index contributed by atoms with van der Waals surface area (Å²) >= 11 is 1.45. The van der Waals surface area contributed by atoms with Crippen molar-refractivity contribution in [3.05, 3.63) is 10.0 Å². The molecule has 1 heterocycles. The molecule has 56 valence electrons. The lowest BCUT2D eigenvalue weighted by atomic mass is 10.5. The second-order valence-corrected chi connectivity index (χ2v) is 2.91. The molecule has 1 aromatic heterocycles. The van der Waals surface area contributed by atoms with Crippen molar-refractivity contribution in [2.45, 2.75) is 13.0 Å². The van der Waals surface area contributed by atoms with E-state index in [1.807, 2.05) is 0 Å². The first-order valence-electron chi connectivity index (χ1n) is 2.99. The van der Waals surface area contributed by atoms with Crippen LogP contribution in [-0.2, 0) is 13.0 Å². The number of nitrogens with two attached hydrogens (primary N) is 1. The van der Waals surface area contributed by atoms with Crippen molar-refractivity contribution in [2.24, 2.45) is 5.73 Å². The van der Waals surface area contributed by atoms with E-state index >= 15 is 0 Å². The highest BCUT2D eigenvalue weighted by molar-refractivity contribution is 7.11. The Kier molecular flexibility index (Phi) is 2.73. The molecule has 1 aromatic rings. The number of aliphatic hydroxyl groups is 1. The highest BCUT2D eigenvalue weighted by Gasteiger charge is 1.99. The molecule has 0 unspecified atom stereocenters. The Bertz CT molecular complexity index is 201. The van der Waals surface area contributed by atoms with Gasteiger partial charge in [0.15, 0.2) is 0 Å². The molecule has 4 nitrogen and oxygen atoms in total. The zero-order chi connectivity index (χ0) is 7.40. The van der Waals surface area contributed by atoms with Crippen molar-refractivity contribution in [3.63, 3.8) is 0 Å². The van der Waals surface area contributed by atoms with E-state index in [-0.39, 0.29) is 6.61 Å². The molecule has 0 aliphatic rings. The molecule has 3 N–H and O–H groups in total. The Hall–Kier alpha value is -0.520. The third-order valence-corrected chi connectivity index (χ3v) is 2.01. The summed E-state index contributed by atoms with van der Waals surface area (Å²) in [6, 6.07) is 0. The number of aliphatic hydroxyl groups excluding tert-OH is 1. The molecule has 0 amide bonds. The highest BCUT2D eigenvalue weighted by Crippen LogP contribution is 2.08. The van der Waals surface area contributed by atoms with Crippen LogP contribution in [0.15, 0.2) is 0 Å². The summed E-state index contributed by atoms with van der Waals surface area (Å²) in [4.78, 5) is 0. The zero-order valence-electron chi connectivity index (χ0n) is 5.45. The van der Waals surface area contributed by atoms with Gasteiger partial charge >= 0.3 is 0 Å². The van der Waals surface area contributed by atoms with E-state index < -0.39 is 0 Å². The molecule has 0 spiro atoms. The molecule has 0 atom stereocenters. The van der Waals surface area contributed by atoms with Crippen LogP contribution in [0.5, 0.6) is 0 Å². The molecule has 0 aromatic carbocycles. The molecule has 1 rings (SSSR count). The summed E-state index contributed by atoms with van der Waals surface area (Å²) in [5, 5.41) is 17.8. The van der Waals surface area contributed by atoms with Gasteiger partial charge in [0, 0.05) is 19.6 Å². The summed E-state index contributed by atoms with van der Waals surface area (Å²) < 4.78 is 0. The molecule has 0 bridgehead atoms. The summed E-state index contributed by atoms with van der Waals surface area (Å²) in [6.45, 7) is 0.558. The molecule has 0 aliphatic heterocycles. The minimum absolute atomic E-state index is 0.124. The van der Waals surface area contributed by atoms with E-state index in [4.69, 9.17) is 10.8 Å². The van der Waals surface area contributed by atoms with E-state index in [1.54, 1.807) is 0 Å². The molecule has 0 fully saturated rings. The number of nitrogens with zero attached hydrogens (tertiary/aromatic N) is 2. The van der Waals surface area contributed by atoms with Crippen LogP contribution in [0.3, 0.4) is 0 Å². The minimum atomic E-state index is 0.124. The van der Waals surface area contributed by atoms with Crippen molar-refractivity contribution < 1.29 is 5.11 Å². The van der Waals surface area contributed by atoms with E-state index in [9.17, 15) is 0 Å². The molecular formula is C5H9N3OS. The fourth-order valence-corrected chi connectivity index (χ4v) is 1.28. The Balaban J connectivity index is 2.59. The second kappa shape index (κ2) is 3.60. The lowest BCUT2D eigenvalue weighted by molar-refractivity contribution is 0.299. The van der Waals surface area contributed by atoms with Crippen LogP contribution in [-0.4, -0.2) is 21.9 Å². The van der Waals surface area contributed by atoms with Gasteiger partial charge in [-0.1, -0.05) is 0 Å². The van der Waals surface area contributed by atoms with Crippen molar-refractivity contribution in [2.75, 3.05) is 6.61 Å². The highest BCUT2D eigenvalue weighted by atomic mass is 32.1. The number of aromatic nitrogens is 2. The fourth-order valence-electron chi connectivity index (χ4n) is 0.568. The topological polar surface area (TPSA) is 72.0 Å². The van der Waals surface area contributed by atoms with Crippen molar-refractivity contribution in [3.8, 4) is 0 Å². The average molecular weight is 159 g/mol. The third kappa shape index (κ3) is 1.73. The Morgan fingerprint density at radius 1 is 1.40 bits per heavy atom. The van der Waals surface area contributed by atoms with Crippen LogP contribution in [0.2, 0.25) is 0 Å². The Morgan fingerprint density at radius 3 is 2.60 bits per heavy atom. The third-order valence-electron chi connectivity index (χ3n) is 1.01. The standard InChI is InChI=1S/C5H9N3OS/c6-3-5-8-7-4(10-5)1-2-9/h9H,1-3,6H2. The first kappa shape index (κ1) is 7.59. The normalized spacial score (nSPS) is 10.2. The quantitative estimate of drug-likeness (QED) is 0.625. The van der Waals surface area contributed by atoms with Gasteiger partial charge < -0.3 is 10.8 Å². The molecular weight excluding hydrogens is 150 g/mol. The maximum absolute atomic E-state index is 8.51. The van der Waals surface area contributed by atoms with E-state index in [0.717, 1.165) is 10.0 Å². The van der Waals surface area contributed by atoms with Gasteiger partial charge in [0.25, 0.3) is 0 Å². The molecule has 5 heteroatoms. The van der Waals surface area contributed by atoms with E-state index in [2.05, 4.69) is 10.2 Å². The predicted octanol–water partition coefficient (Wildman–Crippen LogP) is -0.468. The largest absolute Gasteiger partial charge is 0.396 e. The van der Waals surface area contributed by atoms with Crippen LogP contribution in [0.1, 0.15) is 10.0 Å². The smallest absolute Gasteiger partial charge is 0.131 e. The summed E-state index contributed by atoms with van der Waals surface area (Å²) in [7, 11) is 0. The maximum Gasteiger partial charge on any atom is 0.131 e. The first-order valence-corrected chi connectivity index (χ1v) is 3.80. The predicted molar refractivity (Wildman–Crippen MR) is 38.6 cm³/mol. The fraction of sp³-hybridized carbons (Fsp3) is 0.600. The van der Waals surface area contributed by atoms with Crippen molar-refractivity contribution in [1.82, 2.24) is 10.2 Å². The Morgan fingerprint density at radius 2 is 2.10 bits per heavy atom. The average Bonchev–Trinajstić information content (AvgIpc) is 2.37. The SMILES string of the molecule is NCc1nnc(CCO)s1. The lowest BCUT2D eigenvalue weighted by Crippen LogP contribution is -1.94. The van der Waals surface area contributed by atoms with Gasteiger partial charge in [-0.3, -0.25) is 0 Å². The minimum Gasteiger partial charge on any atom is -0.396 e. The van der Waals surface area contributed by atoms with Crippen LogP contribution in [0.4, 0.5) is 0 Å². The van der Waals surface area contributed by atoms with Crippen LogP contribution >= 0.6 is 11.3 Å². The monoisotopic (exact) mass is 159 g/mol. The van der Waals surface area contributed by atoms with Gasteiger partial charge in [-0.15, -0.1) is 21.5 Å². The summed E-state index contributed by atoms with van der Waals surface area (Å²) in [5.41, 5.74) is 5.30. The first-order chi connectivity index (χ1) is 4.86. The van der Waals surface area contributed by atoms with Gasteiger partial charge in [-0.25, -0.2) is 0 Å². The van der Waals surface area contributed by atoms with Crippen LogP contribution in [0, 0.1) is 0 Å². The summed E-state index contributed by atoms with van der Waals surface area (Å²) in [6.07, 6.45) is 0.581. The van der Waals surface area contributed by atoms with Gasteiger partial charge in [-0.2, -0.15) is 0 Å². The van der Waals surface area contributed by atoms with Gasteiger partial charge in [0.2, 0.25) is 0 Å². The molecule has 0 saturated carbocycles. The molecule has 0 radical (unpaired) electrons. The van der Waals surface area contributed by atoms with Gasteiger partial charge in [0.05, 0.1) is 0 Å². The van der Waals surface area contributed by atoms with Crippen LogP contribution in [0.25, 0.3) is 0 Å². The van der Waals surface area contributed by atoms with Gasteiger partial charge in [-0.05, 0) is 0 Å². The summed E-state index contributed by atoms with van der Waals surface area (Å²) in [5.74, 6) is 0. The number of hydrogen-bond acceptors (Lipinski definition) is 5. The van der Waals surface area contributed by atoms with Gasteiger partial charge in [0.1, 0.15) is 10.0 Å². The van der Waals surface area contributed by atoms with Crippen molar-refractivity contribution >= 4 is 11.3 Å². The van der Waals surface area contributed by atoms with Crippen molar-refractivity contribution in [1.29, 1.82) is 0 Å². The zero-order valence-corrected chi connectivity index (χ0v) is 6.27. The van der Waals surface area contributed by atoms with E-state index in [0.29, 0.717) is 13.0 Å². The number of hydrogen-bond donors (Lipinski definition) is 2. The maximum atomic E-state index is 8.51. The van der Waals surface area contributed by atoms with E-state index in [1.165, 1.54) is 11.3 Å². The molecule has 0 aliphatic carbocycles. The molecule has 0 saturated heterocycles. The Labute approximate surface area is 62.7 Å². The molecule has 10 heavy (non-hydrogen) atoms. The number of rotatable bonds is 3. The second-order valence-electron chi connectivity index (χ2n) is 1.77. The lowest BCUT2D eigenvalue weighted by Gasteiger charge is -1.83. The van der Waals surface area contributed by atoms with Crippen LogP contribution < -0.4 is 5.73 Å².